The maximum absolute atomic E-state index is 2.56. The molecule has 0 saturated heterocycles. The predicted molar refractivity (Wildman–Crippen MR) is 151 cm³/mol. The second-order valence-corrected chi connectivity index (χ2v) is 14.6. The van der Waals surface area contributed by atoms with Gasteiger partial charge in [0.05, 0.1) is 6.16 Å². The minimum Gasteiger partial charge on any atom is -1.00 e. The average molecular weight is 544 g/mol. The minimum atomic E-state index is -1.89. The van der Waals surface area contributed by atoms with Crippen molar-refractivity contribution in [3.8, 4) is 0 Å². The summed E-state index contributed by atoms with van der Waals surface area (Å²) < 4.78 is 0. The molecule has 0 heterocycles. The van der Waals surface area contributed by atoms with Gasteiger partial charge in [-0.1, -0.05) is 100 Å². The molecule has 35 heavy (non-hydrogen) atoms. The summed E-state index contributed by atoms with van der Waals surface area (Å²) in [4.78, 5) is 0. The maximum atomic E-state index is 2.56. The molecule has 0 N–H and O–H groups in total. The van der Waals surface area contributed by atoms with E-state index in [0.717, 1.165) is 6.16 Å². The number of benzene rings is 4. The van der Waals surface area contributed by atoms with Gasteiger partial charge in [0, 0.05) is 0 Å². The third kappa shape index (κ3) is 4.78. The van der Waals surface area contributed by atoms with Gasteiger partial charge >= 0.3 is 0 Å². The van der Waals surface area contributed by atoms with E-state index in [9.17, 15) is 0 Å². The summed E-state index contributed by atoms with van der Waals surface area (Å²) in [6.45, 7) is 9.68. The van der Waals surface area contributed by atoms with Crippen molar-refractivity contribution < 1.29 is 17.0 Å². The summed E-state index contributed by atoms with van der Waals surface area (Å²) in [5.74, 6) is 0. The van der Waals surface area contributed by atoms with Gasteiger partial charge in [0.15, 0.2) is 0 Å². The Labute approximate surface area is 222 Å². The molecule has 0 aromatic heterocycles. The Balaban J connectivity index is 0.00000289. The summed E-state index contributed by atoms with van der Waals surface area (Å²) in [5, 5.41) is 4.35. The van der Waals surface area contributed by atoms with Crippen LogP contribution < -0.4 is 32.9 Å². The van der Waals surface area contributed by atoms with Gasteiger partial charge in [0.1, 0.15) is 23.2 Å². The molecule has 0 saturated carbocycles. The highest BCUT2D eigenvalue weighted by Crippen LogP contribution is 2.58. The van der Waals surface area contributed by atoms with Crippen molar-refractivity contribution in [2.75, 3.05) is 0 Å². The molecule has 0 aliphatic heterocycles. The third-order valence-electron chi connectivity index (χ3n) is 7.93. The topological polar surface area (TPSA) is 0 Å². The normalized spacial score (nSPS) is 16.1. The summed E-state index contributed by atoms with van der Waals surface area (Å²) in [6, 6.07) is 41.1. The zero-order chi connectivity index (χ0) is 23.8. The van der Waals surface area contributed by atoms with E-state index in [2.05, 4.69) is 137 Å². The lowest BCUT2D eigenvalue weighted by molar-refractivity contribution is -0.00000728. The Morgan fingerprint density at radius 1 is 0.543 bits per heavy atom. The number of rotatable bonds is 5. The molecule has 1 aliphatic rings. The van der Waals surface area contributed by atoms with Gasteiger partial charge in [-0.2, -0.15) is 0 Å². The molecule has 0 amide bonds. The fraction of sp³-hybridized carbons (Fsp3) is 0.273. The van der Waals surface area contributed by atoms with Crippen LogP contribution in [0.4, 0.5) is 0 Å². The van der Waals surface area contributed by atoms with Crippen molar-refractivity contribution in [2.24, 2.45) is 0 Å². The van der Waals surface area contributed by atoms with E-state index in [1.54, 1.807) is 5.56 Å². The Morgan fingerprint density at radius 2 is 0.943 bits per heavy atom. The van der Waals surface area contributed by atoms with E-state index in [1.165, 1.54) is 39.9 Å². The monoisotopic (exact) mass is 542 g/mol. The van der Waals surface area contributed by atoms with Crippen LogP contribution in [0.1, 0.15) is 57.2 Å². The maximum Gasteiger partial charge on any atom is 0.116 e. The summed E-state index contributed by atoms with van der Waals surface area (Å²) in [6.07, 6.45) is 3.53. The summed E-state index contributed by atoms with van der Waals surface area (Å²) in [5.41, 5.74) is 5.00. The highest BCUT2D eigenvalue weighted by Gasteiger charge is 2.46. The van der Waals surface area contributed by atoms with Crippen LogP contribution in [0.25, 0.3) is 0 Å². The van der Waals surface area contributed by atoms with Crippen molar-refractivity contribution in [3.63, 3.8) is 0 Å². The van der Waals surface area contributed by atoms with Crippen LogP contribution in [0, 0.1) is 0 Å². The van der Waals surface area contributed by atoms with Crippen LogP contribution in [-0.4, -0.2) is 0 Å². The molecule has 2 heteroatoms. The molecule has 4 aromatic carbocycles. The highest BCUT2D eigenvalue weighted by atomic mass is 79.9. The zero-order valence-electron chi connectivity index (χ0n) is 21.3. The molecular formula is C33H36BrP. The molecule has 1 aliphatic carbocycles. The van der Waals surface area contributed by atoms with Gasteiger partial charge in [0.2, 0.25) is 0 Å². The standard InChI is InChI=1S/C33H36P.BrH/c1-32(2)22-23-33(3,4)31-24-26(20-21-30(31)32)25-34(27-14-8-5-9-15-27,28-16-10-6-11-17-28)29-18-12-7-13-19-29;/h5-21,24H,22-23,25H2,1-4H3;1H/q+1;/p-1. The summed E-state index contributed by atoms with van der Waals surface area (Å²) in [7, 11) is -1.89. The lowest BCUT2D eigenvalue weighted by Gasteiger charge is -2.42. The highest BCUT2D eigenvalue weighted by molar-refractivity contribution is 7.95. The van der Waals surface area contributed by atoms with Crippen LogP contribution in [0.15, 0.2) is 109 Å². The molecule has 4 aromatic rings. The van der Waals surface area contributed by atoms with E-state index < -0.39 is 7.26 Å². The van der Waals surface area contributed by atoms with Crippen molar-refractivity contribution in [1.29, 1.82) is 0 Å². The van der Waals surface area contributed by atoms with Crippen LogP contribution in [0.2, 0.25) is 0 Å². The molecule has 180 valence electrons. The van der Waals surface area contributed by atoms with E-state index in [0.29, 0.717) is 0 Å². The molecule has 0 nitrogen and oxygen atoms in total. The first-order chi connectivity index (χ1) is 16.3. The molecule has 0 spiro atoms. The smallest absolute Gasteiger partial charge is 0.116 e. The first kappa shape index (κ1) is 25.9. The van der Waals surface area contributed by atoms with Gasteiger partial charge < -0.3 is 17.0 Å². The predicted octanol–water partition coefficient (Wildman–Crippen LogP) is 4.53. The molecule has 0 fully saturated rings. The Bertz CT molecular complexity index is 1160. The molecule has 0 bridgehead atoms. The molecule has 5 rings (SSSR count). The second kappa shape index (κ2) is 10.0. The zero-order valence-corrected chi connectivity index (χ0v) is 23.8. The fourth-order valence-electron chi connectivity index (χ4n) is 5.78. The first-order valence-electron chi connectivity index (χ1n) is 12.5. The van der Waals surface area contributed by atoms with Crippen molar-refractivity contribution in [3.05, 3.63) is 126 Å². The lowest BCUT2D eigenvalue weighted by Crippen LogP contribution is -3.00. The number of fused-ring (bicyclic) bond motifs is 1. The van der Waals surface area contributed by atoms with Crippen LogP contribution in [0.5, 0.6) is 0 Å². The first-order valence-corrected chi connectivity index (χ1v) is 14.5. The van der Waals surface area contributed by atoms with Crippen LogP contribution in [-0.2, 0) is 17.0 Å². The SMILES string of the molecule is CC1(C)CCC(C)(C)c2cc(C[P+](c3ccccc3)(c3ccccc3)c3ccccc3)ccc21.[Br-]. The quantitative estimate of drug-likeness (QED) is 0.325. The molecule has 0 radical (unpaired) electrons. The van der Waals surface area contributed by atoms with E-state index in [-0.39, 0.29) is 27.8 Å². The second-order valence-electron chi connectivity index (χ2n) is 11.1. The van der Waals surface area contributed by atoms with Crippen molar-refractivity contribution >= 4 is 23.2 Å². The third-order valence-corrected chi connectivity index (χ3v) is 12.3. The largest absolute Gasteiger partial charge is 1.00 e. The lowest BCUT2D eigenvalue weighted by atomic mass is 9.63. The van der Waals surface area contributed by atoms with Gasteiger partial charge in [0.25, 0.3) is 0 Å². The fourth-order valence-corrected chi connectivity index (χ4v) is 10.0. The Kier molecular flexibility index (Phi) is 7.42. The van der Waals surface area contributed by atoms with Gasteiger partial charge in [-0.3, -0.25) is 0 Å². The minimum absolute atomic E-state index is 0. The Morgan fingerprint density at radius 3 is 1.37 bits per heavy atom. The molecular weight excluding hydrogens is 507 g/mol. The van der Waals surface area contributed by atoms with Gasteiger partial charge in [-0.05, 0) is 76.8 Å². The van der Waals surface area contributed by atoms with Crippen LogP contribution >= 0.6 is 7.26 Å². The summed E-state index contributed by atoms with van der Waals surface area (Å²) >= 11 is 0. The molecule has 0 unspecified atom stereocenters. The van der Waals surface area contributed by atoms with E-state index >= 15 is 0 Å². The number of hydrogen-bond donors (Lipinski definition) is 0. The van der Waals surface area contributed by atoms with E-state index in [4.69, 9.17) is 0 Å². The van der Waals surface area contributed by atoms with Gasteiger partial charge in [-0.15, -0.1) is 0 Å². The molecule has 0 atom stereocenters. The van der Waals surface area contributed by atoms with Gasteiger partial charge in [-0.25, -0.2) is 0 Å². The Hall–Kier alpha value is -2.21. The number of hydrogen-bond acceptors (Lipinski definition) is 0. The van der Waals surface area contributed by atoms with Crippen molar-refractivity contribution in [2.45, 2.75) is 57.5 Å². The average Bonchev–Trinajstić information content (AvgIpc) is 2.87. The van der Waals surface area contributed by atoms with Crippen LogP contribution in [0.3, 0.4) is 0 Å². The number of halogens is 1. The van der Waals surface area contributed by atoms with E-state index in [1.807, 2.05) is 0 Å². The van der Waals surface area contributed by atoms with Crippen molar-refractivity contribution in [1.82, 2.24) is 0 Å².